The third-order valence-electron chi connectivity index (χ3n) is 3.79. The van der Waals surface area contributed by atoms with Crippen LogP contribution in [0.5, 0.6) is 5.75 Å². The van der Waals surface area contributed by atoms with Crippen molar-refractivity contribution in [2.24, 2.45) is 0 Å². The zero-order valence-corrected chi connectivity index (χ0v) is 12.2. The van der Waals surface area contributed by atoms with Crippen molar-refractivity contribution in [3.05, 3.63) is 63.7 Å². The number of fused-ring (bicyclic) bond motifs is 1. The average Bonchev–Trinajstić information content (AvgIpc) is 2.48. The maximum atomic E-state index is 10.7. The Morgan fingerprint density at radius 3 is 2.90 bits per heavy atom. The highest BCUT2D eigenvalue weighted by Crippen LogP contribution is 2.37. The Morgan fingerprint density at radius 1 is 1.20 bits per heavy atom. The summed E-state index contributed by atoms with van der Waals surface area (Å²) in [6.45, 7) is 2.69. The first-order valence-corrected chi connectivity index (χ1v) is 7.23. The van der Waals surface area contributed by atoms with E-state index in [0.29, 0.717) is 11.6 Å². The molecule has 1 unspecified atom stereocenters. The fraction of sp³-hybridized carbons (Fsp3) is 0.294. The first-order chi connectivity index (χ1) is 9.66. The van der Waals surface area contributed by atoms with Gasteiger partial charge in [0, 0.05) is 10.6 Å². The largest absolute Gasteiger partial charge is 0.493 e. The Bertz CT molecular complexity index is 637. The van der Waals surface area contributed by atoms with Gasteiger partial charge in [0.05, 0.1) is 6.61 Å². The molecular formula is C17H17ClO2. The molecule has 1 heterocycles. The molecule has 1 aliphatic rings. The van der Waals surface area contributed by atoms with Gasteiger partial charge in [0.1, 0.15) is 11.9 Å². The van der Waals surface area contributed by atoms with E-state index in [0.717, 1.165) is 35.3 Å². The van der Waals surface area contributed by atoms with Crippen molar-refractivity contribution < 1.29 is 9.84 Å². The van der Waals surface area contributed by atoms with Crippen molar-refractivity contribution in [3.63, 3.8) is 0 Å². The number of benzene rings is 2. The van der Waals surface area contributed by atoms with Crippen LogP contribution in [0, 0.1) is 6.92 Å². The van der Waals surface area contributed by atoms with Gasteiger partial charge in [-0.3, -0.25) is 0 Å². The standard InChI is InChI=1S/C17H17ClO2/c1-11-7-8-13(18)10-15(11)16(19)14-6-2-4-12-5-3-9-20-17(12)14/h2,4,6-8,10,16,19H,3,5,9H2,1H3. The van der Waals surface area contributed by atoms with Crippen LogP contribution in [0.1, 0.15) is 34.8 Å². The van der Waals surface area contributed by atoms with Crippen LogP contribution in [-0.4, -0.2) is 11.7 Å². The molecule has 0 amide bonds. The van der Waals surface area contributed by atoms with Crippen LogP contribution in [0.15, 0.2) is 36.4 Å². The van der Waals surface area contributed by atoms with Gasteiger partial charge in [0.25, 0.3) is 0 Å². The molecule has 20 heavy (non-hydrogen) atoms. The van der Waals surface area contributed by atoms with Gasteiger partial charge in [-0.25, -0.2) is 0 Å². The van der Waals surface area contributed by atoms with Gasteiger partial charge >= 0.3 is 0 Å². The molecule has 104 valence electrons. The zero-order valence-electron chi connectivity index (χ0n) is 11.4. The molecule has 0 fully saturated rings. The minimum atomic E-state index is -0.707. The fourth-order valence-electron chi connectivity index (χ4n) is 2.70. The lowest BCUT2D eigenvalue weighted by atomic mass is 9.93. The summed E-state index contributed by atoms with van der Waals surface area (Å²) in [5.74, 6) is 0.839. The van der Waals surface area contributed by atoms with Crippen LogP contribution < -0.4 is 4.74 Å². The summed E-state index contributed by atoms with van der Waals surface area (Å²) in [6.07, 6.45) is 1.33. The molecule has 3 heteroatoms. The predicted molar refractivity (Wildman–Crippen MR) is 80.5 cm³/mol. The Morgan fingerprint density at radius 2 is 2.05 bits per heavy atom. The maximum absolute atomic E-state index is 10.7. The SMILES string of the molecule is Cc1ccc(Cl)cc1C(O)c1cccc2c1OCCC2. The van der Waals surface area contributed by atoms with Crippen molar-refractivity contribution in [1.29, 1.82) is 0 Å². The molecule has 2 aromatic carbocycles. The zero-order chi connectivity index (χ0) is 14.1. The molecular weight excluding hydrogens is 272 g/mol. The second kappa shape index (κ2) is 5.47. The second-order valence-corrected chi connectivity index (χ2v) is 5.63. The lowest BCUT2D eigenvalue weighted by Crippen LogP contribution is -2.13. The Balaban J connectivity index is 2.06. The molecule has 0 spiro atoms. The van der Waals surface area contributed by atoms with E-state index in [1.807, 2.05) is 37.3 Å². The average molecular weight is 289 g/mol. The van der Waals surface area contributed by atoms with Crippen molar-refractivity contribution in [2.45, 2.75) is 25.9 Å². The van der Waals surface area contributed by atoms with E-state index in [-0.39, 0.29) is 0 Å². The summed E-state index contributed by atoms with van der Waals surface area (Å²) in [6, 6.07) is 11.6. The number of para-hydroxylation sites is 1. The van der Waals surface area contributed by atoms with Gasteiger partial charge in [0.15, 0.2) is 0 Å². The third kappa shape index (κ3) is 2.41. The van der Waals surface area contributed by atoms with Crippen molar-refractivity contribution in [3.8, 4) is 5.75 Å². The summed E-state index contributed by atoms with van der Waals surface area (Å²) in [5.41, 5.74) is 3.86. The van der Waals surface area contributed by atoms with E-state index in [4.69, 9.17) is 16.3 Å². The molecule has 1 aliphatic heterocycles. The quantitative estimate of drug-likeness (QED) is 0.903. The predicted octanol–water partition coefficient (Wildman–Crippen LogP) is 4.06. The van der Waals surface area contributed by atoms with Crippen molar-refractivity contribution in [1.82, 2.24) is 0 Å². The highest BCUT2D eigenvalue weighted by molar-refractivity contribution is 6.30. The first kappa shape index (κ1) is 13.5. The number of aliphatic hydroxyl groups excluding tert-OH is 1. The Hall–Kier alpha value is -1.51. The van der Waals surface area contributed by atoms with E-state index in [9.17, 15) is 5.11 Å². The molecule has 0 aromatic heterocycles. The van der Waals surface area contributed by atoms with Crippen LogP contribution in [0.4, 0.5) is 0 Å². The number of rotatable bonds is 2. The molecule has 0 saturated carbocycles. The van der Waals surface area contributed by atoms with Gasteiger partial charge in [-0.05, 0) is 48.6 Å². The first-order valence-electron chi connectivity index (χ1n) is 6.85. The molecule has 3 rings (SSSR count). The van der Waals surface area contributed by atoms with Gasteiger partial charge in [-0.2, -0.15) is 0 Å². The van der Waals surface area contributed by atoms with Crippen LogP contribution in [0.25, 0.3) is 0 Å². The lowest BCUT2D eigenvalue weighted by Gasteiger charge is -2.23. The lowest BCUT2D eigenvalue weighted by molar-refractivity contribution is 0.206. The molecule has 0 aliphatic carbocycles. The van der Waals surface area contributed by atoms with E-state index in [2.05, 4.69) is 6.07 Å². The normalized spacial score (nSPS) is 15.3. The number of aryl methyl sites for hydroxylation is 2. The molecule has 1 atom stereocenters. The van der Waals surface area contributed by atoms with E-state index in [1.54, 1.807) is 0 Å². The number of ether oxygens (including phenoxy) is 1. The highest BCUT2D eigenvalue weighted by Gasteiger charge is 2.21. The van der Waals surface area contributed by atoms with Crippen LogP contribution in [0.2, 0.25) is 5.02 Å². The Kier molecular flexibility index (Phi) is 3.68. The molecule has 1 N–H and O–H groups in total. The Labute approximate surface area is 124 Å². The van der Waals surface area contributed by atoms with Gasteiger partial charge in [-0.15, -0.1) is 0 Å². The van der Waals surface area contributed by atoms with E-state index >= 15 is 0 Å². The third-order valence-corrected chi connectivity index (χ3v) is 4.03. The number of aliphatic hydroxyl groups is 1. The van der Waals surface area contributed by atoms with Crippen molar-refractivity contribution >= 4 is 11.6 Å². The topological polar surface area (TPSA) is 29.5 Å². The van der Waals surface area contributed by atoms with Gasteiger partial charge in [-0.1, -0.05) is 35.9 Å². The molecule has 0 saturated heterocycles. The number of hydrogen-bond acceptors (Lipinski definition) is 2. The van der Waals surface area contributed by atoms with Gasteiger partial charge < -0.3 is 9.84 Å². The summed E-state index contributed by atoms with van der Waals surface area (Å²) in [5, 5.41) is 11.3. The minimum Gasteiger partial charge on any atom is -0.493 e. The van der Waals surface area contributed by atoms with E-state index in [1.165, 1.54) is 5.56 Å². The van der Waals surface area contributed by atoms with E-state index < -0.39 is 6.10 Å². The molecule has 0 bridgehead atoms. The highest BCUT2D eigenvalue weighted by atomic mass is 35.5. The van der Waals surface area contributed by atoms with Crippen LogP contribution in [-0.2, 0) is 6.42 Å². The van der Waals surface area contributed by atoms with Crippen LogP contribution in [0.3, 0.4) is 0 Å². The monoisotopic (exact) mass is 288 g/mol. The molecule has 0 radical (unpaired) electrons. The fourth-order valence-corrected chi connectivity index (χ4v) is 2.88. The minimum absolute atomic E-state index is 0.635. The number of halogens is 1. The summed E-state index contributed by atoms with van der Waals surface area (Å²) in [4.78, 5) is 0. The summed E-state index contributed by atoms with van der Waals surface area (Å²) >= 11 is 6.05. The second-order valence-electron chi connectivity index (χ2n) is 5.19. The van der Waals surface area contributed by atoms with Crippen molar-refractivity contribution in [2.75, 3.05) is 6.61 Å². The summed E-state index contributed by atoms with van der Waals surface area (Å²) < 4.78 is 5.77. The number of hydrogen-bond donors (Lipinski definition) is 1. The molecule has 2 aromatic rings. The summed E-state index contributed by atoms with van der Waals surface area (Å²) in [7, 11) is 0. The molecule has 2 nitrogen and oxygen atoms in total. The van der Waals surface area contributed by atoms with Gasteiger partial charge in [0.2, 0.25) is 0 Å². The maximum Gasteiger partial charge on any atom is 0.128 e. The smallest absolute Gasteiger partial charge is 0.128 e. The van der Waals surface area contributed by atoms with Crippen LogP contribution >= 0.6 is 11.6 Å².